The summed E-state index contributed by atoms with van der Waals surface area (Å²) in [5, 5.41) is 3.44. The molecular formula is C11H24N2. The molecule has 0 spiro atoms. The molecule has 2 nitrogen and oxygen atoms in total. The van der Waals surface area contributed by atoms with Crippen LogP contribution in [0.1, 0.15) is 33.1 Å². The van der Waals surface area contributed by atoms with Gasteiger partial charge >= 0.3 is 0 Å². The van der Waals surface area contributed by atoms with Crippen LogP contribution >= 0.6 is 0 Å². The molecule has 0 saturated heterocycles. The van der Waals surface area contributed by atoms with E-state index in [2.05, 4.69) is 31.1 Å². The van der Waals surface area contributed by atoms with Crippen LogP contribution in [0.2, 0.25) is 0 Å². The van der Waals surface area contributed by atoms with Crippen molar-refractivity contribution in [3.8, 4) is 0 Å². The third-order valence-electron chi connectivity index (χ3n) is 2.76. The van der Waals surface area contributed by atoms with Crippen LogP contribution in [0.25, 0.3) is 0 Å². The minimum Gasteiger partial charge on any atom is -0.314 e. The van der Waals surface area contributed by atoms with E-state index in [9.17, 15) is 0 Å². The Balaban J connectivity index is 1.96. The molecular weight excluding hydrogens is 160 g/mol. The third kappa shape index (κ3) is 5.27. The van der Waals surface area contributed by atoms with Gasteiger partial charge in [0, 0.05) is 12.6 Å². The molecule has 1 N–H and O–H groups in total. The summed E-state index contributed by atoms with van der Waals surface area (Å²) in [5.74, 6) is 1.03. The fraction of sp³-hybridized carbons (Fsp3) is 1.00. The average Bonchev–Trinajstić information content (AvgIpc) is 2.85. The molecule has 13 heavy (non-hydrogen) atoms. The Hall–Kier alpha value is -0.0800. The van der Waals surface area contributed by atoms with Gasteiger partial charge in [0.25, 0.3) is 0 Å². The van der Waals surface area contributed by atoms with Gasteiger partial charge in [0.05, 0.1) is 0 Å². The Morgan fingerprint density at radius 1 is 1.46 bits per heavy atom. The first-order valence-electron chi connectivity index (χ1n) is 5.64. The standard InChI is InChI=1S/C11H24N2/c1-4-12-10(2)7-8-13(3)9-11-5-6-11/h10-12H,4-9H2,1-3H3. The van der Waals surface area contributed by atoms with E-state index in [4.69, 9.17) is 0 Å². The molecule has 0 aromatic heterocycles. The highest BCUT2D eigenvalue weighted by Gasteiger charge is 2.22. The normalized spacial score (nSPS) is 19.4. The molecule has 2 heteroatoms. The van der Waals surface area contributed by atoms with Gasteiger partial charge in [0.1, 0.15) is 0 Å². The second-order valence-electron chi connectivity index (χ2n) is 4.45. The van der Waals surface area contributed by atoms with Crippen molar-refractivity contribution >= 4 is 0 Å². The highest BCUT2D eigenvalue weighted by Crippen LogP contribution is 2.29. The summed E-state index contributed by atoms with van der Waals surface area (Å²) >= 11 is 0. The number of nitrogens with one attached hydrogen (secondary N) is 1. The Bertz CT molecular complexity index is 132. The second kappa shape index (κ2) is 5.61. The third-order valence-corrected chi connectivity index (χ3v) is 2.76. The first kappa shape index (κ1) is 11.0. The van der Waals surface area contributed by atoms with Crippen LogP contribution in [-0.4, -0.2) is 37.6 Å². The van der Waals surface area contributed by atoms with E-state index in [0.29, 0.717) is 6.04 Å². The van der Waals surface area contributed by atoms with E-state index in [1.807, 2.05) is 0 Å². The van der Waals surface area contributed by atoms with E-state index >= 15 is 0 Å². The second-order valence-corrected chi connectivity index (χ2v) is 4.45. The van der Waals surface area contributed by atoms with Gasteiger partial charge in [-0.3, -0.25) is 0 Å². The number of nitrogens with zero attached hydrogens (tertiary/aromatic N) is 1. The quantitative estimate of drug-likeness (QED) is 0.648. The highest BCUT2D eigenvalue weighted by atomic mass is 15.1. The van der Waals surface area contributed by atoms with Gasteiger partial charge in [0.2, 0.25) is 0 Å². The van der Waals surface area contributed by atoms with E-state index in [0.717, 1.165) is 12.5 Å². The fourth-order valence-corrected chi connectivity index (χ4v) is 1.70. The summed E-state index contributed by atoms with van der Waals surface area (Å²) < 4.78 is 0. The fourth-order valence-electron chi connectivity index (χ4n) is 1.70. The van der Waals surface area contributed by atoms with E-state index < -0.39 is 0 Å². The zero-order valence-corrected chi connectivity index (χ0v) is 9.34. The summed E-state index contributed by atoms with van der Waals surface area (Å²) in [6.07, 6.45) is 4.21. The van der Waals surface area contributed by atoms with Crippen LogP contribution in [0.4, 0.5) is 0 Å². The van der Waals surface area contributed by atoms with E-state index in [-0.39, 0.29) is 0 Å². The number of rotatable bonds is 7. The van der Waals surface area contributed by atoms with Crippen LogP contribution in [0.15, 0.2) is 0 Å². The zero-order valence-electron chi connectivity index (χ0n) is 9.34. The lowest BCUT2D eigenvalue weighted by Gasteiger charge is -2.19. The van der Waals surface area contributed by atoms with Gasteiger partial charge in [-0.15, -0.1) is 0 Å². The minimum absolute atomic E-state index is 0.673. The largest absolute Gasteiger partial charge is 0.314 e. The molecule has 1 unspecified atom stereocenters. The first-order valence-corrected chi connectivity index (χ1v) is 5.64. The Morgan fingerprint density at radius 3 is 2.69 bits per heavy atom. The Labute approximate surface area is 82.7 Å². The van der Waals surface area contributed by atoms with Crippen molar-refractivity contribution in [1.29, 1.82) is 0 Å². The van der Waals surface area contributed by atoms with Crippen LogP contribution in [0, 0.1) is 5.92 Å². The summed E-state index contributed by atoms with van der Waals surface area (Å²) in [6.45, 7) is 8.09. The first-order chi connectivity index (χ1) is 6.22. The molecule has 1 aliphatic carbocycles. The summed E-state index contributed by atoms with van der Waals surface area (Å²) in [7, 11) is 2.25. The molecule has 0 aromatic carbocycles. The van der Waals surface area contributed by atoms with Crippen molar-refractivity contribution in [3.63, 3.8) is 0 Å². The van der Waals surface area contributed by atoms with Crippen LogP contribution < -0.4 is 5.32 Å². The molecule has 0 amide bonds. The van der Waals surface area contributed by atoms with Gasteiger partial charge in [-0.25, -0.2) is 0 Å². The molecule has 1 fully saturated rings. The molecule has 0 heterocycles. The molecule has 1 rings (SSSR count). The van der Waals surface area contributed by atoms with Crippen molar-refractivity contribution in [2.75, 3.05) is 26.7 Å². The number of hydrogen-bond donors (Lipinski definition) is 1. The predicted octanol–water partition coefficient (Wildman–Crippen LogP) is 1.72. The van der Waals surface area contributed by atoms with Crippen molar-refractivity contribution in [2.24, 2.45) is 5.92 Å². The van der Waals surface area contributed by atoms with Crippen molar-refractivity contribution in [1.82, 2.24) is 10.2 Å². The van der Waals surface area contributed by atoms with Gasteiger partial charge in [0.15, 0.2) is 0 Å². The molecule has 1 aliphatic rings. The minimum atomic E-state index is 0.673. The lowest BCUT2D eigenvalue weighted by Crippen LogP contribution is -2.31. The maximum Gasteiger partial charge on any atom is 0.00507 e. The molecule has 1 saturated carbocycles. The SMILES string of the molecule is CCNC(C)CCN(C)CC1CC1. The average molecular weight is 184 g/mol. The molecule has 1 atom stereocenters. The van der Waals surface area contributed by atoms with E-state index in [1.165, 1.54) is 32.4 Å². The molecule has 0 aromatic rings. The zero-order chi connectivity index (χ0) is 9.68. The van der Waals surface area contributed by atoms with Gasteiger partial charge in [-0.2, -0.15) is 0 Å². The van der Waals surface area contributed by atoms with Gasteiger partial charge < -0.3 is 10.2 Å². The van der Waals surface area contributed by atoms with Crippen molar-refractivity contribution in [2.45, 2.75) is 39.2 Å². The number of hydrogen-bond acceptors (Lipinski definition) is 2. The maximum absolute atomic E-state index is 3.44. The highest BCUT2D eigenvalue weighted by molar-refractivity contribution is 4.76. The maximum atomic E-state index is 3.44. The molecule has 0 radical (unpaired) electrons. The topological polar surface area (TPSA) is 15.3 Å². The van der Waals surface area contributed by atoms with Crippen LogP contribution in [0.3, 0.4) is 0 Å². The Kier molecular flexibility index (Phi) is 4.74. The monoisotopic (exact) mass is 184 g/mol. The summed E-state index contributed by atoms with van der Waals surface area (Å²) in [5.41, 5.74) is 0. The van der Waals surface area contributed by atoms with Gasteiger partial charge in [-0.1, -0.05) is 6.92 Å². The Morgan fingerprint density at radius 2 is 2.15 bits per heavy atom. The predicted molar refractivity (Wildman–Crippen MR) is 58.0 cm³/mol. The lowest BCUT2D eigenvalue weighted by molar-refractivity contribution is 0.300. The van der Waals surface area contributed by atoms with Crippen molar-refractivity contribution < 1.29 is 0 Å². The summed E-state index contributed by atoms with van der Waals surface area (Å²) in [4.78, 5) is 2.48. The van der Waals surface area contributed by atoms with E-state index in [1.54, 1.807) is 0 Å². The van der Waals surface area contributed by atoms with Crippen LogP contribution in [0.5, 0.6) is 0 Å². The van der Waals surface area contributed by atoms with Crippen LogP contribution in [-0.2, 0) is 0 Å². The summed E-state index contributed by atoms with van der Waals surface area (Å²) in [6, 6.07) is 0.673. The smallest absolute Gasteiger partial charge is 0.00507 e. The van der Waals surface area contributed by atoms with Gasteiger partial charge in [-0.05, 0) is 52.2 Å². The van der Waals surface area contributed by atoms with Crippen molar-refractivity contribution in [3.05, 3.63) is 0 Å². The molecule has 0 bridgehead atoms. The molecule has 0 aliphatic heterocycles. The lowest BCUT2D eigenvalue weighted by atomic mass is 10.2. The molecule has 78 valence electrons.